The Bertz CT molecular complexity index is 634. The summed E-state index contributed by atoms with van der Waals surface area (Å²) in [6.45, 7) is 0.481. The Balaban J connectivity index is 2.14. The lowest BCUT2D eigenvalue weighted by atomic mass is 10.2. The summed E-state index contributed by atoms with van der Waals surface area (Å²) in [6, 6.07) is 10.2. The van der Waals surface area contributed by atoms with E-state index in [9.17, 15) is 9.59 Å². The van der Waals surface area contributed by atoms with Gasteiger partial charge in [0.2, 0.25) is 5.56 Å². The van der Waals surface area contributed by atoms with Crippen molar-refractivity contribution in [1.82, 2.24) is 4.98 Å². The number of benzene rings is 1. The second-order valence-corrected chi connectivity index (χ2v) is 4.03. The van der Waals surface area contributed by atoms with E-state index in [0.717, 1.165) is 5.56 Å². The van der Waals surface area contributed by atoms with Crippen molar-refractivity contribution in [1.29, 1.82) is 0 Å². The molecule has 1 heterocycles. The van der Waals surface area contributed by atoms with Crippen molar-refractivity contribution in [2.75, 3.05) is 12.4 Å². The number of methoxy groups -OCH3 is 1. The molecule has 1 aromatic heterocycles. The Morgan fingerprint density at radius 1 is 1.32 bits per heavy atom. The fourth-order valence-corrected chi connectivity index (χ4v) is 1.69. The molecule has 5 heteroatoms. The van der Waals surface area contributed by atoms with Crippen LogP contribution < -0.4 is 10.9 Å². The number of anilines is 1. The minimum atomic E-state index is -0.319. The normalized spacial score (nSPS) is 10.2. The Morgan fingerprint density at radius 2 is 2.16 bits per heavy atom. The zero-order valence-corrected chi connectivity index (χ0v) is 10.5. The minimum absolute atomic E-state index is 0.305. The van der Waals surface area contributed by atoms with Crippen LogP contribution in [0.3, 0.4) is 0 Å². The minimum Gasteiger partial charge on any atom is -0.380 e. The van der Waals surface area contributed by atoms with Gasteiger partial charge >= 0.3 is 0 Å². The molecule has 0 radical (unpaired) electrons. The maximum Gasteiger partial charge on any atom is 0.255 e. The Labute approximate surface area is 110 Å². The number of amides is 1. The van der Waals surface area contributed by atoms with Crippen molar-refractivity contribution >= 4 is 11.6 Å². The van der Waals surface area contributed by atoms with Crippen LogP contribution in [0.15, 0.2) is 47.4 Å². The van der Waals surface area contributed by atoms with Crippen molar-refractivity contribution in [2.24, 2.45) is 0 Å². The van der Waals surface area contributed by atoms with E-state index < -0.39 is 0 Å². The number of pyridine rings is 1. The standard InChI is InChI=1S/C14H14N2O3/c1-19-9-10-3-2-4-12(7-10)16-14(18)11-5-6-15-13(17)8-11/h2-8H,9H2,1H3,(H,15,17)(H,16,18). The summed E-state index contributed by atoms with van der Waals surface area (Å²) in [7, 11) is 1.61. The number of aromatic amines is 1. The van der Waals surface area contributed by atoms with Gasteiger partial charge in [0.25, 0.3) is 5.91 Å². The van der Waals surface area contributed by atoms with E-state index in [2.05, 4.69) is 10.3 Å². The van der Waals surface area contributed by atoms with Crippen molar-refractivity contribution in [3.8, 4) is 0 Å². The van der Waals surface area contributed by atoms with Gasteiger partial charge in [-0.1, -0.05) is 12.1 Å². The summed E-state index contributed by atoms with van der Waals surface area (Å²) in [5, 5.41) is 2.74. The van der Waals surface area contributed by atoms with Gasteiger partial charge in [0.15, 0.2) is 0 Å². The number of rotatable bonds is 4. The molecular formula is C14H14N2O3. The van der Waals surface area contributed by atoms with Gasteiger partial charge in [0, 0.05) is 30.6 Å². The Hall–Kier alpha value is -2.40. The third-order valence-corrected chi connectivity index (χ3v) is 2.53. The Morgan fingerprint density at radius 3 is 2.89 bits per heavy atom. The fourth-order valence-electron chi connectivity index (χ4n) is 1.69. The number of carbonyl (C=O) groups is 1. The first kappa shape index (κ1) is 13.0. The number of hydrogen-bond acceptors (Lipinski definition) is 3. The third-order valence-electron chi connectivity index (χ3n) is 2.53. The lowest BCUT2D eigenvalue weighted by molar-refractivity contribution is 0.102. The number of aromatic nitrogens is 1. The summed E-state index contributed by atoms with van der Waals surface area (Å²) in [5.74, 6) is -0.319. The monoisotopic (exact) mass is 258 g/mol. The SMILES string of the molecule is COCc1cccc(NC(=O)c2cc[nH]c(=O)c2)c1. The number of H-pyrrole nitrogens is 1. The summed E-state index contributed by atoms with van der Waals surface area (Å²) in [4.78, 5) is 25.5. The molecule has 0 saturated heterocycles. The molecule has 1 aromatic carbocycles. The molecule has 5 nitrogen and oxygen atoms in total. The predicted octanol–water partition coefficient (Wildman–Crippen LogP) is 1.77. The van der Waals surface area contributed by atoms with Crippen molar-refractivity contribution < 1.29 is 9.53 Å². The molecule has 19 heavy (non-hydrogen) atoms. The van der Waals surface area contributed by atoms with Crippen molar-refractivity contribution in [3.63, 3.8) is 0 Å². The average molecular weight is 258 g/mol. The van der Waals surface area contributed by atoms with Crippen LogP contribution in [0.25, 0.3) is 0 Å². The van der Waals surface area contributed by atoms with E-state index in [0.29, 0.717) is 17.9 Å². The largest absolute Gasteiger partial charge is 0.380 e. The van der Waals surface area contributed by atoms with E-state index in [-0.39, 0.29) is 11.5 Å². The summed E-state index contributed by atoms with van der Waals surface area (Å²) in [5.41, 5.74) is 1.65. The molecule has 0 aliphatic rings. The van der Waals surface area contributed by atoms with Crippen LogP contribution in [0.4, 0.5) is 5.69 Å². The zero-order valence-electron chi connectivity index (χ0n) is 10.5. The molecule has 0 spiro atoms. The van der Waals surface area contributed by atoms with Gasteiger partial charge in [-0.05, 0) is 23.8 Å². The van der Waals surface area contributed by atoms with Crippen LogP contribution in [0.1, 0.15) is 15.9 Å². The molecular weight excluding hydrogens is 244 g/mol. The summed E-state index contributed by atoms with van der Waals surface area (Å²) < 4.78 is 5.03. The van der Waals surface area contributed by atoms with E-state index in [1.165, 1.54) is 12.3 Å². The first-order valence-electron chi connectivity index (χ1n) is 5.77. The lowest BCUT2D eigenvalue weighted by Gasteiger charge is -2.07. The molecule has 98 valence electrons. The van der Waals surface area contributed by atoms with Gasteiger partial charge in [-0.15, -0.1) is 0 Å². The molecule has 2 N–H and O–H groups in total. The molecule has 0 bridgehead atoms. The predicted molar refractivity (Wildman–Crippen MR) is 72.2 cm³/mol. The van der Waals surface area contributed by atoms with Crippen molar-refractivity contribution in [3.05, 3.63) is 64.1 Å². The molecule has 0 saturated carbocycles. The molecule has 0 fully saturated rings. The highest BCUT2D eigenvalue weighted by molar-refractivity contribution is 6.04. The quantitative estimate of drug-likeness (QED) is 0.878. The van der Waals surface area contributed by atoms with Gasteiger partial charge in [-0.25, -0.2) is 0 Å². The highest BCUT2D eigenvalue weighted by atomic mass is 16.5. The maximum absolute atomic E-state index is 11.9. The summed E-state index contributed by atoms with van der Waals surface area (Å²) in [6.07, 6.45) is 1.44. The van der Waals surface area contributed by atoms with E-state index in [1.54, 1.807) is 19.2 Å². The number of carbonyl (C=O) groups excluding carboxylic acids is 1. The van der Waals surface area contributed by atoms with Gasteiger partial charge in [-0.3, -0.25) is 9.59 Å². The molecule has 2 aromatic rings. The molecule has 0 unspecified atom stereocenters. The molecule has 2 rings (SSSR count). The van der Waals surface area contributed by atoms with Gasteiger partial charge < -0.3 is 15.0 Å². The van der Waals surface area contributed by atoms with Gasteiger partial charge in [0.05, 0.1) is 6.61 Å². The molecule has 0 aliphatic heterocycles. The van der Waals surface area contributed by atoms with Crippen LogP contribution in [0, 0.1) is 0 Å². The van der Waals surface area contributed by atoms with Crippen LogP contribution in [0.5, 0.6) is 0 Å². The fraction of sp³-hybridized carbons (Fsp3) is 0.143. The second kappa shape index (κ2) is 5.97. The first-order valence-corrected chi connectivity index (χ1v) is 5.77. The highest BCUT2D eigenvalue weighted by Crippen LogP contribution is 2.12. The lowest BCUT2D eigenvalue weighted by Crippen LogP contribution is -2.15. The maximum atomic E-state index is 11.9. The van der Waals surface area contributed by atoms with E-state index >= 15 is 0 Å². The number of nitrogens with one attached hydrogen (secondary N) is 2. The smallest absolute Gasteiger partial charge is 0.255 e. The molecule has 0 aliphatic carbocycles. The second-order valence-electron chi connectivity index (χ2n) is 4.03. The number of hydrogen-bond donors (Lipinski definition) is 2. The Kier molecular flexibility index (Phi) is 4.10. The van der Waals surface area contributed by atoms with Crippen LogP contribution in [-0.2, 0) is 11.3 Å². The van der Waals surface area contributed by atoms with Crippen LogP contribution >= 0.6 is 0 Å². The van der Waals surface area contributed by atoms with E-state index in [1.807, 2.05) is 18.2 Å². The third kappa shape index (κ3) is 3.53. The molecule has 1 amide bonds. The van der Waals surface area contributed by atoms with Crippen LogP contribution in [-0.4, -0.2) is 18.0 Å². The molecule has 0 atom stereocenters. The van der Waals surface area contributed by atoms with Gasteiger partial charge in [0.1, 0.15) is 0 Å². The zero-order chi connectivity index (χ0) is 13.7. The first-order chi connectivity index (χ1) is 9.19. The highest BCUT2D eigenvalue weighted by Gasteiger charge is 2.06. The van der Waals surface area contributed by atoms with E-state index in [4.69, 9.17) is 4.74 Å². The summed E-state index contributed by atoms with van der Waals surface area (Å²) >= 11 is 0. The topological polar surface area (TPSA) is 71.2 Å². The van der Waals surface area contributed by atoms with Crippen LogP contribution in [0.2, 0.25) is 0 Å². The van der Waals surface area contributed by atoms with Gasteiger partial charge in [-0.2, -0.15) is 0 Å². The number of ether oxygens (including phenoxy) is 1. The average Bonchev–Trinajstić information content (AvgIpc) is 2.39. The van der Waals surface area contributed by atoms with Crippen molar-refractivity contribution in [2.45, 2.75) is 6.61 Å².